The zero-order valence-corrected chi connectivity index (χ0v) is 12.5. The molecule has 0 aliphatic carbocycles. The van der Waals surface area contributed by atoms with Crippen molar-refractivity contribution in [2.45, 2.75) is 12.0 Å². The summed E-state index contributed by atoms with van der Waals surface area (Å²) in [5.74, 6) is 1.01. The molecule has 0 spiro atoms. The molecule has 0 saturated carbocycles. The first-order chi connectivity index (χ1) is 9.67. The van der Waals surface area contributed by atoms with E-state index in [4.69, 9.17) is 0 Å². The molecular formula is C15H15NO2S2. The fourth-order valence-electron chi connectivity index (χ4n) is 2.17. The number of nitrogens with one attached hydrogen (secondary N) is 1. The topological polar surface area (TPSA) is 49.3 Å². The van der Waals surface area contributed by atoms with Crippen LogP contribution in [0, 0.1) is 0 Å². The van der Waals surface area contributed by atoms with Crippen LogP contribution in [-0.4, -0.2) is 28.1 Å². The van der Waals surface area contributed by atoms with Crippen LogP contribution in [0.3, 0.4) is 0 Å². The fourth-order valence-corrected chi connectivity index (χ4v) is 4.14. The van der Waals surface area contributed by atoms with Crippen molar-refractivity contribution in [3.8, 4) is 10.4 Å². The highest BCUT2D eigenvalue weighted by Gasteiger charge is 2.39. The fraction of sp³-hybridized carbons (Fsp3) is 0.267. The molecule has 1 aromatic carbocycles. The Morgan fingerprint density at radius 2 is 2.20 bits per heavy atom. The van der Waals surface area contributed by atoms with Crippen molar-refractivity contribution < 1.29 is 9.90 Å². The lowest BCUT2D eigenvalue weighted by Crippen LogP contribution is -2.42. The third kappa shape index (κ3) is 2.75. The summed E-state index contributed by atoms with van der Waals surface area (Å²) in [6, 6.07) is 11.8. The van der Waals surface area contributed by atoms with Crippen LogP contribution >= 0.6 is 23.1 Å². The second-order valence-corrected chi connectivity index (χ2v) is 6.90. The summed E-state index contributed by atoms with van der Waals surface area (Å²) in [7, 11) is 0. The minimum Gasteiger partial charge on any atom is -0.379 e. The Balaban J connectivity index is 1.78. The Hall–Kier alpha value is -1.30. The minimum atomic E-state index is -1.22. The maximum atomic E-state index is 12.2. The van der Waals surface area contributed by atoms with Gasteiger partial charge in [0.1, 0.15) is 0 Å². The van der Waals surface area contributed by atoms with Crippen LogP contribution in [0.1, 0.15) is 6.42 Å². The number of thioether (sulfide) groups is 1. The van der Waals surface area contributed by atoms with E-state index in [9.17, 15) is 9.90 Å². The lowest BCUT2D eigenvalue weighted by molar-refractivity contribution is -0.131. The van der Waals surface area contributed by atoms with Crippen LogP contribution in [0.15, 0.2) is 41.8 Å². The van der Waals surface area contributed by atoms with Gasteiger partial charge in [0.15, 0.2) is 5.60 Å². The van der Waals surface area contributed by atoms with Crippen molar-refractivity contribution in [2.75, 3.05) is 16.8 Å². The number of thiophene rings is 1. The van der Waals surface area contributed by atoms with Gasteiger partial charge in [-0.3, -0.25) is 4.79 Å². The zero-order chi connectivity index (χ0) is 14.0. The third-order valence-electron chi connectivity index (χ3n) is 3.35. The van der Waals surface area contributed by atoms with E-state index in [1.807, 2.05) is 41.8 Å². The van der Waals surface area contributed by atoms with Crippen LogP contribution in [0.5, 0.6) is 0 Å². The molecule has 5 heteroatoms. The number of hydrogen-bond donors (Lipinski definition) is 2. The Morgan fingerprint density at radius 1 is 1.30 bits per heavy atom. The number of benzene rings is 1. The molecule has 0 radical (unpaired) electrons. The largest absolute Gasteiger partial charge is 0.379 e. The normalized spacial score (nSPS) is 21.9. The molecule has 1 aliphatic rings. The van der Waals surface area contributed by atoms with Gasteiger partial charge in [-0.25, -0.2) is 0 Å². The summed E-state index contributed by atoms with van der Waals surface area (Å²) < 4.78 is 0. The second kappa shape index (κ2) is 5.60. The minimum absolute atomic E-state index is 0.300. The van der Waals surface area contributed by atoms with Crippen molar-refractivity contribution in [1.29, 1.82) is 0 Å². The van der Waals surface area contributed by atoms with E-state index in [-0.39, 0.29) is 5.91 Å². The van der Waals surface area contributed by atoms with Crippen LogP contribution in [-0.2, 0) is 4.79 Å². The standard InChI is InChI=1S/C15H15NO2S2/c17-14(15(18)6-8-19-10-15)16-12-4-1-3-11(9-12)13-5-2-7-20-13/h1-5,7,9,18H,6,8,10H2,(H,16,17). The first kappa shape index (κ1) is 13.7. The van der Waals surface area contributed by atoms with E-state index in [1.165, 1.54) is 0 Å². The van der Waals surface area contributed by atoms with Crippen LogP contribution in [0.4, 0.5) is 5.69 Å². The molecule has 0 bridgehead atoms. The number of amides is 1. The van der Waals surface area contributed by atoms with E-state index in [0.717, 1.165) is 21.9 Å². The molecule has 3 nitrogen and oxygen atoms in total. The van der Waals surface area contributed by atoms with Gasteiger partial charge in [-0.1, -0.05) is 18.2 Å². The molecule has 104 valence electrons. The van der Waals surface area contributed by atoms with Gasteiger partial charge in [-0.05, 0) is 41.3 Å². The van der Waals surface area contributed by atoms with E-state index in [1.54, 1.807) is 23.1 Å². The molecule has 1 fully saturated rings. The Bertz CT molecular complexity index is 604. The molecule has 1 amide bonds. The Morgan fingerprint density at radius 3 is 2.90 bits per heavy atom. The van der Waals surface area contributed by atoms with Crippen molar-refractivity contribution in [3.05, 3.63) is 41.8 Å². The highest BCUT2D eigenvalue weighted by Crippen LogP contribution is 2.30. The average Bonchev–Trinajstić information content (AvgIpc) is 3.11. The lowest BCUT2D eigenvalue weighted by Gasteiger charge is -2.20. The number of hydrogen-bond acceptors (Lipinski definition) is 4. The molecule has 2 heterocycles. The Kier molecular flexibility index (Phi) is 3.83. The van der Waals surface area contributed by atoms with Gasteiger partial charge in [0.25, 0.3) is 5.91 Å². The van der Waals surface area contributed by atoms with Crippen molar-refractivity contribution in [1.82, 2.24) is 0 Å². The maximum absolute atomic E-state index is 12.2. The smallest absolute Gasteiger partial charge is 0.257 e. The van der Waals surface area contributed by atoms with Crippen LogP contribution < -0.4 is 5.32 Å². The maximum Gasteiger partial charge on any atom is 0.257 e. The monoisotopic (exact) mass is 305 g/mol. The molecule has 1 saturated heterocycles. The Labute approximate surface area is 126 Å². The summed E-state index contributed by atoms with van der Waals surface area (Å²) in [4.78, 5) is 13.3. The van der Waals surface area contributed by atoms with E-state index in [2.05, 4.69) is 5.32 Å². The first-order valence-electron chi connectivity index (χ1n) is 6.43. The van der Waals surface area contributed by atoms with E-state index < -0.39 is 5.60 Å². The number of aliphatic hydroxyl groups is 1. The summed E-state index contributed by atoms with van der Waals surface area (Å²) >= 11 is 3.27. The lowest BCUT2D eigenvalue weighted by atomic mass is 10.0. The average molecular weight is 305 g/mol. The van der Waals surface area contributed by atoms with Crippen LogP contribution in [0.25, 0.3) is 10.4 Å². The first-order valence-corrected chi connectivity index (χ1v) is 8.46. The predicted octanol–water partition coefficient (Wildman–Crippen LogP) is 3.22. The van der Waals surface area contributed by atoms with E-state index >= 15 is 0 Å². The van der Waals surface area contributed by atoms with Gasteiger partial charge in [0.05, 0.1) is 0 Å². The molecular weight excluding hydrogens is 290 g/mol. The van der Waals surface area contributed by atoms with Gasteiger partial charge in [-0.15, -0.1) is 11.3 Å². The molecule has 1 aliphatic heterocycles. The summed E-state index contributed by atoms with van der Waals surface area (Å²) in [5.41, 5.74) is 0.584. The summed E-state index contributed by atoms with van der Waals surface area (Å²) in [6.07, 6.45) is 0.522. The molecule has 3 rings (SSSR count). The van der Waals surface area contributed by atoms with E-state index in [0.29, 0.717) is 12.2 Å². The third-order valence-corrected chi connectivity index (χ3v) is 5.44. The predicted molar refractivity (Wildman–Crippen MR) is 85.3 cm³/mol. The molecule has 1 unspecified atom stereocenters. The molecule has 1 atom stereocenters. The number of carbonyl (C=O) groups is 1. The quantitative estimate of drug-likeness (QED) is 0.915. The summed E-state index contributed by atoms with van der Waals surface area (Å²) in [6.45, 7) is 0. The van der Waals surface area contributed by atoms with Gasteiger partial charge in [0.2, 0.25) is 0 Å². The SMILES string of the molecule is O=C(Nc1cccc(-c2cccs2)c1)C1(O)CCSC1. The van der Waals surface area contributed by atoms with Gasteiger partial charge in [-0.2, -0.15) is 11.8 Å². The van der Waals surface area contributed by atoms with Gasteiger partial charge in [0, 0.05) is 16.3 Å². The molecule has 2 aromatic rings. The second-order valence-electron chi connectivity index (χ2n) is 4.85. The van der Waals surface area contributed by atoms with Crippen molar-refractivity contribution in [2.24, 2.45) is 0 Å². The zero-order valence-electron chi connectivity index (χ0n) is 10.8. The van der Waals surface area contributed by atoms with Crippen LogP contribution in [0.2, 0.25) is 0 Å². The van der Waals surface area contributed by atoms with Gasteiger partial charge >= 0.3 is 0 Å². The molecule has 1 aromatic heterocycles. The van der Waals surface area contributed by atoms with Crippen molar-refractivity contribution in [3.63, 3.8) is 0 Å². The summed E-state index contributed by atoms with van der Waals surface area (Å²) in [5, 5.41) is 15.1. The highest BCUT2D eigenvalue weighted by molar-refractivity contribution is 7.99. The number of carbonyl (C=O) groups excluding carboxylic acids is 1. The van der Waals surface area contributed by atoms with Crippen molar-refractivity contribution >= 4 is 34.7 Å². The molecule has 2 N–H and O–H groups in total. The molecule has 20 heavy (non-hydrogen) atoms. The number of rotatable bonds is 3. The number of anilines is 1. The highest BCUT2D eigenvalue weighted by atomic mass is 32.2. The van der Waals surface area contributed by atoms with Gasteiger partial charge < -0.3 is 10.4 Å².